The first kappa shape index (κ1) is 14.3. The summed E-state index contributed by atoms with van der Waals surface area (Å²) in [6.07, 6.45) is 8.28. The SMILES string of the molecule is CCNC1CCC(C)(C)CC1N1CCCC1CC. The molecule has 3 atom stereocenters. The average Bonchev–Trinajstić information content (AvgIpc) is 2.79. The van der Waals surface area contributed by atoms with Gasteiger partial charge in [0.05, 0.1) is 0 Å². The molecule has 2 rings (SSSR count). The molecular formula is C16H32N2. The van der Waals surface area contributed by atoms with Gasteiger partial charge in [-0.15, -0.1) is 0 Å². The van der Waals surface area contributed by atoms with Crippen LogP contribution in [0.3, 0.4) is 0 Å². The first-order valence-electron chi connectivity index (χ1n) is 8.06. The molecule has 2 nitrogen and oxygen atoms in total. The van der Waals surface area contributed by atoms with Gasteiger partial charge in [-0.25, -0.2) is 0 Å². The van der Waals surface area contributed by atoms with Crippen molar-refractivity contribution in [2.75, 3.05) is 13.1 Å². The Morgan fingerprint density at radius 1 is 1.22 bits per heavy atom. The van der Waals surface area contributed by atoms with E-state index in [1.807, 2.05) is 0 Å². The summed E-state index contributed by atoms with van der Waals surface area (Å²) in [4.78, 5) is 2.84. The molecule has 1 N–H and O–H groups in total. The van der Waals surface area contributed by atoms with E-state index in [-0.39, 0.29) is 0 Å². The summed E-state index contributed by atoms with van der Waals surface area (Å²) < 4.78 is 0. The lowest BCUT2D eigenvalue weighted by Gasteiger charge is -2.47. The Labute approximate surface area is 114 Å². The fourth-order valence-corrected chi connectivity index (χ4v) is 4.13. The molecule has 2 heteroatoms. The molecule has 0 aromatic heterocycles. The van der Waals surface area contributed by atoms with Gasteiger partial charge in [0.2, 0.25) is 0 Å². The Kier molecular flexibility index (Phi) is 4.71. The van der Waals surface area contributed by atoms with Gasteiger partial charge in [0.25, 0.3) is 0 Å². The summed E-state index contributed by atoms with van der Waals surface area (Å²) >= 11 is 0. The van der Waals surface area contributed by atoms with Crippen LogP contribution in [0.15, 0.2) is 0 Å². The molecule has 0 radical (unpaired) electrons. The maximum absolute atomic E-state index is 3.75. The molecule has 1 heterocycles. The molecule has 2 aliphatic rings. The number of likely N-dealkylation sites (N-methyl/N-ethyl adjacent to an activating group) is 1. The van der Waals surface area contributed by atoms with Gasteiger partial charge in [0.1, 0.15) is 0 Å². The highest BCUT2D eigenvalue weighted by molar-refractivity contribution is 4.97. The molecule has 0 bridgehead atoms. The largest absolute Gasteiger partial charge is 0.313 e. The van der Waals surface area contributed by atoms with E-state index in [4.69, 9.17) is 0 Å². The van der Waals surface area contributed by atoms with E-state index in [2.05, 4.69) is 37.9 Å². The first-order chi connectivity index (χ1) is 8.57. The summed E-state index contributed by atoms with van der Waals surface area (Å²) in [5, 5.41) is 3.75. The fourth-order valence-electron chi connectivity index (χ4n) is 4.13. The van der Waals surface area contributed by atoms with Crippen molar-refractivity contribution in [2.24, 2.45) is 5.41 Å². The number of nitrogens with zero attached hydrogens (tertiary/aromatic N) is 1. The van der Waals surface area contributed by atoms with Crippen molar-refractivity contribution in [3.63, 3.8) is 0 Å². The monoisotopic (exact) mass is 252 g/mol. The van der Waals surface area contributed by atoms with E-state index >= 15 is 0 Å². The van der Waals surface area contributed by atoms with Crippen molar-refractivity contribution in [1.29, 1.82) is 0 Å². The Balaban J connectivity index is 2.08. The lowest BCUT2D eigenvalue weighted by atomic mass is 9.72. The number of hydrogen-bond acceptors (Lipinski definition) is 2. The Morgan fingerprint density at radius 2 is 2.00 bits per heavy atom. The zero-order valence-corrected chi connectivity index (χ0v) is 12.8. The van der Waals surface area contributed by atoms with Crippen LogP contribution in [0, 0.1) is 5.41 Å². The van der Waals surface area contributed by atoms with Crippen LogP contribution >= 0.6 is 0 Å². The van der Waals surface area contributed by atoms with E-state index in [0.29, 0.717) is 5.41 Å². The van der Waals surface area contributed by atoms with E-state index in [1.165, 1.54) is 45.1 Å². The van der Waals surface area contributed by atoms with Gasteiger partial charge in [-0.05, 0) is 57.0 Å². The van der Waals surface area contributed by atoms with Crippen molar-refractivity contribution in [1.82, 2.24) is 10.2 Å². The number of nitrogens with one attached hydrogen (secondary N) is 1. The van der Waals surface area contributed by atoms with E-state index in [1.54, 1.807) is 0 Å². The van der Waals surface area contributed by atoms with Crippen LogP contribution in [-0.2, 0) is 0 Å². The van der Waals surface area contributed by atoms with Crippen LogP contribution in [-0.4, -0.2) is 36.1 Å². The van der Waals surface area contributed by atoms with Gasteiger partial charge in [0, 0.05) is 18.1 Å². The molecule has 2 fully saturated rings. The minimum Gasteiger partial charge on any atom is -0.313 e. The standard InChI is InChI=1S/C16H32N2/c1-5-13-8-7-11-18(13)15-12-16(3,4)10-9-14(15)17-6-2/h13-15,17H,5-12H2,1-4H3. The minimum atomic E-state index is 0.539. The lowest BCUT2D eigenvalue weighted by Crippen LogP contribution is -2.55. The maximum atomic E-state index is 3.75. The van der Waals surface area contributed by atoms with Gasteiger partial charge in [-0.2, -0.15) is 0 Å². The Morgan fingerprint density at radius 3 is 2.67 bits per heavy atom. The van der Waals surface area contributed by atoms with Crippen molar-refractivity contribution in [2.45, 2.75) is 84.3 Å². The maximum Gasteiger partial charge on any atom is 0.0257 e. The predicted molar refractivity (Wildman–Crippen MR) is 78.9 cm³/mol. The second-order valence-corrected chi connectivity index (χ2v) is 7.08. The number of likely N-dealkylation sites (tertiary alicyclic amines) is 1. The van der Waals surface area contributed by atoms with Gasteiger partial charge in [-0.1, -0.05) is 27.7 Å². The number of hydrogen-bond donors (Lipinski definition) is 1. The van der Waals surface area contributed by atoms with Crippen molar-refractivity contribution in [3.8, 4) is 0 Å². The molecule has 18 heavy (non-hydrogen) atoms. The molecular weight excluding hydrogens is 220 g/mol. The molecule has 1 saturated carbocycles. The van der Waals surface area contributed by atoms with E-state index < -0.39 is 0 Å². The highest BCUT2D eigenvalue weighted by Crippen LogP contribution is 2.39. The van der Waals surface area contributed by atoms with Gasteiger partial charge < -0.3 is 5.32 Å². The molecule has 0 spiro atoms. The summed E-state index contributed by atoms with van der Waals surface area (Å²) in [6.45, 7) is 12.0. The van der Waals surface area contributed by atoms with Crippen LogP contribution in [0.1, 0.15) is 66.2 Å². The second kappa shape index (κ2) is 5.92. The normalized spacial score (nSPS) is 37.0. The molecule has 106 valence electrons. The lowest BCUT2D eigenvalue weighted by molar-refractivity contribution is 0.0560. The molecule has 0 aromatic rings. The summed E-state index contributed by atoms with van der Waals surface area (Å²) in [5.74, 6) is 0. The van der Waals surface area contributed by atoms with Crippen LogP contribution in [0.2, 0.25) is 0 Å². The summed E-state index contributed by atoms with van der Waals surface area (Å²) in [5.41, 5.74) is 0.539. The first-order valence-corrected chi connectivity index (χ1v) is 8.06. The summed E-state index contributed by atoms with van der Waals surface area (Å²) in [6, 6.07) is 2.36. The van der Waals surface area contributed by atoms with Gasteiger partial charge in [-0.3, -0.25) is 4.90 Å². The highest BCUT2D eigenvalue weighted by atomic mass is 15.2. The topological polar surface area (TPSA) is 15.3 Å². The van der Waals surface area contributed by atoms with Gasteiger partial charge >= 0.3 is 0 Å². The van der Waals surface area contributed by atoms with Crippen LogP contribution < -0.4 is 5.32 Å². The zero-order valence-electron chi connectivity index (χ0n) is 12.8. The van der Waals surface area contributed by atoms with Crippen LogP contribution in [0.4, 0.5) is 0 Å². The number of rotatable bonds is 4. The molecule has 1 aliphatic heterocycles. The molecule has 1 aliphatic carbocycles. The van der Waals surface area contributed by atoms with Crippen LogP contribution in [0.5, 0.6) is 0 Å². The molecule has 3 unspecified atom stereocenters. The third-order valence-corrected chi connectivity index (χ3v) is 5.14. The van der Waals surface area contributed by atoms with Crippen molar-refractivity contribution < 1.29 is 0 Å². The average molecular weight is 252 g/mol. The molecule has 0 amide bonds. The van der Waals surface area contributed by atoms with Crippen LogP contribution in [0.25, 0.3) is 0 Å². The zero-order chi connectivity index (χ0) is 13.2. The fraction of sp³-hybridized carbons (Fsp3) is 1.00. The molecule has 0 aromatic carbocycles. The van der Waals surface area contributed by atoms with E-state index in [9.17, 15) is 0 Å². The Hall–Kier alpha value is -0.0800. The second-order valence-electron chi connectivity index (χ2n) is 7.08. The van der Waals surface area contributed by atoms with Crippen molar-refractivity contribution >= 4 is 0 Å². The third-order valence-electron chi connectivity index (χ3n) is 5.14. The molecule has 1 saturated heterocycles. The predicted octanol–water partition coefficient (Wildman–Crippen LogP) is 3.42. The highest BCUT2D eigenvalue weighted by Gasteiger charge is 2.40. The van der Waals surface area contributed by atoms with Gasteiger partial charge in [0.15, 0.2) is 0 Å². The van der Waals surface area contributed by atoms with E-state index in [0.717, 1.165) is 24.7 Å². The van der Waals surface area contributed by atoms with Crippen molar-refractivity contribution in [3.05, 3.63) is 0 Å². The third kappa shape index (κ3) is 3.08. The minimum absolute atomic E-state index is 0.539. The Bertz CT molecular complexity index is 262. The summed E-state index contributed by atoms with van der Waals surface area (Å²) in [7, 11) is 0. The smallest absolute Gasteiger partial charge is 0.0257 e. The quantitative estimate of drug-likeness (QED) is 0.825.